The molecular weight excluding hydrogens is 361 g/mol. The van der Waals surface area contributed by atoms with Crippen molar-refractivity contribution in [1.82, 2.24) is 15.5 Å². The van der Waals surface area contributed by atoms with Crippen LogP contribution in [-0.4, -0.2) is 10.2 Å². The van der Waals surface area contributed by atoms with Crippen LogP contribution in [0.15, 0.2) is 57.4 Å². The normalized spacial score (nSPS) is 12.3. The first-order valence-corrected chi connectivity index (χ1v) is 7.98. The topological polar surface area (TPSA) is 51.0 Å². The van der Waals surface area contributed by atoms with Gasteiger partial charge in [0.15, 0.2) is 0 Å². The number of nitrogens with zero attached hydrogens (tertiary/aromatic N) is 2. The molecule has 0 aliphatic carbocycles. The highest BCUT2D eigenvalue weighted by molar-refractivity contribution is 9.10. The fourth-order valence-electron chi connectivity index (χ4n) is 2.20. The van der Waals surface area contributed by atoms with Crippen molar-refractivity contribution in [3.05, 3.63) is 70.3 Å². The molecule has 0 spiro atoms. The molecule has 1 heterocycles. The molecule has 3 aromatic rings. The average molecular weight is 376 g/mol. The lowest BCUT2D eigenvalue weighted by Crippen LogP contribution is -2.18. The zero-order chi connectivity index (χ0) is 16.2. The predicted octanol–water partition coefficient (Wildman–Crippen LogP) is 4.49. The van der Waals surface area contributed by atoms with Crippen LogP contribution >= 0.6 is 15.9 Å². The van der Waals surface area contributed by atoms with Gasteiger partial charge in [-0.15, -0.1) is 10.2 Å². The van der Waals surface area contributed by atoms with E-state index < -0.39 is 0 Å². The lowest BCUT2D eigenvalue weighted by molar-refractivity contribution is 0.453. The van der Waals surface area contributed by atoms with E-state index in [9.17, 15) is 4.39 Å². The van der Waals surface area contributed by atoms with Crippen LogP contribution in [0.1, 0.15) is 24.4 Å². The number of halogens is 2. The Kier molecular flexibility index (Phi) is 4.83. The lowest BCUT2D eigenvalue weighted by atomic mass is 10.1. The predicted molar refractivity (Wildman–Crippen MR) is 89.1 cm³/mol. The zero-order valence-corrected chi connectivity index (χ0v) is 14.0. The van der Waals surface area contributed by atoms with Crippen LogP contribution in [0.3, 0.4) is 0 Å². The molecule has 4 nitrogen and oxygen atoms in total. The number of benzene rings is 2. The van der Waals surface area contributed by atoms with E-state index in [1.54, 1.807) is 6.07 Å². The summed E-state index contributed by atoms with van der Waals surface area (Å²) < 4.78 is 19.8. The second-order valence-electron chi connectivity index (χ2n) is 5.17. The van der Waals surface area contributed by atoms with Gasteiger partial charge in [-0.3, -0.25) is 0 Å². The van der Waals surface area contributed by atoms with E-state index in [0.29, 0.717) is 18.3 Å². The number of nitrogens with one attached hydrogen (secondary N) is 1. The van der Waals surface area contributed by atoms with Gasteiger partial charge in [-0.05, 0) is 42.8 Å². The van der Waals surface area contributed by atoms with Gasteiger partial charge < -0.3 is 9.73 Å². The van der Waals surface area contributed by atoms with E-state index in [4.69, 9.17) is 4.42 Å². The first-order valence-electron chi connectivity index (χ1n) is 7.19. The van der Waals surface area contributed by atoms with Crippen LogP contribution in [0, 0.1) is 5.82 Å². The molecule has 1 atom stereocenters. The van der Waals surface area contributed by atoms with Crippen molar-refractivity contribution in [3.63, 3.8) is 0 Å². The molecule has 1 aromatic heterocycles. The Hall–Kier alpha value is -2.05. The third-order valence-electron chi connectivity index (χ3n) is 3.45. The lowest BCUT2D eigenvalue weighted by Gasteiger charge is -2.12. The smallest absolute Gasteiger partial charge is 0.247 e. The van der Waals surface area contributed by atoms with Crippen molar-refractivity contribution >= 4 is 15.9 Å². The SMILES string of the molecule is C[C@H](NCc1nnc(-c2cccc(Br)c2)o1)c1cccc(F)c1. The molecule has 118 valence electrons. The molecule has 0 radical (unpaired) electrons. The Labute approximate surface area is 141 Å². The maximum absolute atomic E-state index is 13.2. The Bertz CT molecular complexity index is 806. The molecule has 0 amide bonds. The summed E-state index contributed by atoms with van der Waals surface area (Å²) in [5, 5.41) is 11.3. The standard InChI is InChI=1S/C17H15BrFN3O/c1-11(12-4-3-7-15(19)9-12)20-10-16-21-22-17(23-16)13-5-2-6-14(18)8-13/h2-9,11,20H,10H2,1H3/t11-/m0/s1. The van der Waals surface area contributed by atoms with Gasteiger partial charge in [0.25, 0.3) is 0 Å². The highest BCUT2D eigenvalue weighted by Gasteiger charge is 2.11. The van der Waals surface area contributed by atoms with E-state index in [-0.39, 0.29) is 11.9 Å². The highest BCUT2D eigenvalue weighted by Crippen LogP contribution is 2.22. The summed E-state index contributed by atoms with van der Waals surface area (Å²) in [4.78, 5) is 0. The van der Waals surface area contributed by atoms with Crippen LogP contribution in [0.25, 0.3) is 11.5 Å². The molecule has 0 aliphatic rings. The van der Waals surface area contributed by atoms with Crippen molar-refractivity contribution in [3.8, 4) is 11.5 Å². The van der Waals surface area contributed by atoms with E-state index in [0.717, 1.165) is 15.6 Å². The molecule has 2 aromatic carbocycles. The minimum Gasteiger partial charge on any atom is -0.419 e. The Morgan fingerprint density at radius 3 is 2.78 bits per heavy atom. The molecule has 3 rings (SSSR count). The van der Waals surface area contributed by atoms with Crippen molar-refractivity contribution in [2.75, 3.05) is 0 Å². The summed E-state index contributed by atoms with van der Waals surface area (Å²) in [5.74, 6) is 0.718. The third kappa shape index (κ3) is 4.03. The van der Waals surface area contributed by atoms with Crippen LogP contribution in [-0.2, 0) is 6.54 Å². The first kappa shape index (κ1) is 15.8. The molecule has 0 unspecified atom stereocenters. The summed E-state index contributed by atoms with van der Waals surface area (Å²) >= 11 is 3.41. The number of rotatable bonds is 5. The van der Waals surface area contributed by atoms with Gasteiger partial charge in [0, 0.05) is 16.1 Å². The monoisotopic (exact) mass is 375 g/mol. The Balaban J connectivity index is 1.65. The Morgan fingerprint density at radius 2 is 2.00 bits per heavy atom. The first-order chi connectivity index (χ1) is 11.1. The maximum Gasteiger partial charge on any atom is 0.247 e. The zero-order valence-electron chi connectivity index (χ0n) is 12.5. The second kappa shape index (κ2) is 7.02. The Morgan fingerprint density at radius 1 is 1.17 bits per heavy atom. The van der Waals surface area contributed by atoms with E-state index in [1.807, 2.05) is 37.3 Å². The molecule has 23 heavy (non-hydrogen) atoms. The molecule has 0 aliphatic heterocycles. The second-order valence-corrected chi connectivity index (χ2v) is 6.08. The summed E-state index contributed by atoms with van der Waals surface area (Å²) in [5.41, 5.74) is 1.73. The van der Waals surface area contributed by atoms with Crippen LogP contribution in [0.4, 0.5) is 4.39 Å². The largest absolute Gasteiger partial charge is 0.419 e. The van der Waals surface area contributed by atoms with Gasteiger partial charge in [0.1, 0.15) is 5.82 Å². The summed E-state index contributed by atoms with van der Waals surface area (Å²) in [6.45, 7) is 2.37. The number of hydrogen-bond acceptors (Lipinski definition) is 4. The highest BCUT2D eigenvalue weighted by atomic mass is 79.9. The minimum absolute atomic E-state index is 0.0214. The molecule has 1 N–H and O–H groups in total. The van der Waals surface area contributed by atoms with Crippen molar-refractivity contribution in [2.24, 2.45) is 0 Å². The van der Waals surface area contributed by atoms with E-state index >= 15 is 0 Å². The van der Waals surface area contributed by atoms with Crippen LogP contribution < -0.4 is 5.32 Å². The number of aromatic nitrogens is 2. The fraction of sp³-hybridized carbons (Fsp3) is 0.176. The molecule has 0 saturated heterocycles. The van der Waals surface area contributed by atoms with Crippen molar-refractivity contribution in [2.45, 2.75) is 19.5 Å². The summed E-state index contributed by atoms with van der Waals surface area (Å²) in [7, 11) is 0. The van der Waals surface area contributed by atoms with Gasteiger partial charge >= 0.3 is 0 Å². The maximum atomic E-state index is 13.2. The number of hydrogen-bond donors (Lipinski definition) is 1. The minimum atomic E-state index is -0.245. The van der Waals surface area contributed by atoms with Crippen molar-refractivity contribution < 1.29 is 8.81 Å². The van der Waals surface area contributed by atoms with Crippen LogP contribution in [0.2, 0.25) is 0 Å². The fourth-order valence-corrected chi connectivity index (χ4v) is 2.60. The summed E-state index contributed by atoms with van der Waals surface area (Å²) in [6, 6.07) is 14.2. The quantitative estimate of drug-likeness (QED) is 0.713. The van der Waals surface area contributed by atoms with Crippen LogP contribution in [0.5, 0.6) is 0 Å². The average Bonchev–Trinajstić information content (AvgIpc) is 3.01. The summed E-state index contributed by atoms with van der Waals surface area (Å²) in [6.07, 6.45) is 0. The molecule has 0 fully saturated rings. The third-order valence-corrected chi connectivity index (χ3v) is 3.94. The molecular formula is C17H15BrFN3O. The van der Waals surface area contributed by atoms with Gasteiger partial charge in [0.05, 0.1) is 6.54 Å². The van der Waals surface area contributed by atoms with Gasteiger partial charge in [0.2, 0.25) is 11.8 Å². The van der Waals surface area contributed by atoms with Gasteiger partial charge in [-0.25, -0.2) is 4.39 Å². The van der Waals surface area contributed by atoms with Gasteiger partial charge in [-0.1, -0.05) is 34.1 Å². The molecule has 0 bridgehead atoms. The van der Waals surface area contributed by atoms with Gasteiger partial charge in [-0.2, -0.15) is 0 Å². The van der Waals surface area contributed by atoms with Crippen molar-refractivity contribution in [1.29, 1.82) is 0 Å². The molecule has 6 heteroatoms. The van der Waals surface area contributed by atoms with E-state index in [2.05, 4.69) is 31.4 Å². The molecule has 0 saturated carbocycles. The van der Waals surface area contributed by atoms with E-state index in [1.165, 1.54) is 12.1 Å².